The van der Waals surface area contributed by atoms with Crippen molar-refractivity contribution >= 4 is 27.3 Å². The Balaban J connectivity index is 2.11. The summed E-state index contributed by atoms with van der Waals surface area (Å²) in [7, 11) is -0.374. The molecule has 0 unspecified atom stereocenters. The molecule has 0 atom stereocenters. The predicted octanol–water partition coefficient (Wildman–Crippen LogP) is 2.45. The third-order valence-corrected chi connectivity index (χ3v) is 7.12. The van der Waals surface area contributed by atoms with Gasteiger partial charge in [0.05, 0.1) is 18.1 Å². The molecule has 1 aromatic carbocycles. The molecule has 1 aliphatic heterocycles. The maximum Gasteiger partial charge on any atom is 0.253 e. The Hall–Kier alpha value is -1.74. The van der Waals surface area contributed by atoms with E-state index in [2.05, 4.69) is 0 Å². The first kappa shape index (κ1) is 19.0. The molecule has 26 heavy (non-hydrogen) atoms. The molecule has 6 nitrogen and oxygen atoms in total. The van der Waals surface area contributed by atoms with E-state index < -0.39 is 10.0 Å². The van der Waals surface area contributed by atoms with Gasteiger partial charge >= 0.3 is 0 Å². The van der Waals surface area contributed by atoms with Crippen LogP contribution in [0.25, 0.3) is 10.4 Å². The molecular weight excluding hydrogens is 372 g/mol. The summed E-state index contributed by atoms with van der Waals surface area (Å²) < 4.78 is 32.8. The molecule has 8 heteroatoms. The number of benzene rings is 1. The first-order valence-electron chi connectivity index (χ1n) is 8.30. The quantitative estimate of drug-likeness (QED) is 0.799. The standard InChI is InChI=1S/C18H22N2O4S2/c1-13-4-5-17(25-13)14-10-15(18(21)19(2)3)12-16(11-14)26(22,23)20-6-8-24-9-7-20/h4-5,10-12H,6-9H2,1-3H3. The fourth-order valence-corrected chi connectivity index (χ4v) is 5.13. The highest BCUT2D eigenvalue weighted by Crippen LogP contribution is 2.31. The lowest BCUT2D eigenvalue weighted by molar-refractivity contribution is 0.0730. The molecule has 1 aliphatic rings. The maximum atomic E-state index is 13.1. The van der Waals surface area contributed by atoms with Crippen LogP contribution in [0.3, 0.4) is 0 Å². The summed E-state index contributed by atoms with van der Waals surface area (Å²) in [4.78, 5) is 16.2. The molecule has 0 aliphatic carbocycles. The van der Waals surface area contributed by atoms with Crippen molar-refractivity contribution in [1.29, 1.82) is 0 Å². The van der Waals surface area contributed by atoms with Crippen molar-refractivity contribution in [3.05, 3.63) is 40.8 Å². The third kappa shape index (κ3) is 3.83. The number of carbonyl (C=O) groups excluding carboxylic acids is 1. The van der Waals surface area contributed by atoms with E-state index in [0.717, 1.165) is 15.3 Å². The lowest BCUT2D eigenvalue weighted by Crippen LogP contribution is -2.40. The van der Waals surface area contributed by atoms with Gasteiger partial charge in [-0.3, -0.25) is 4.79 Å². The lowest BCUT2D eigenvalue weighted by atomic mass is 10.1. The summed E-state index contributed by atoms with van der Waals surface area (Å²) in [5.74, 6) is -0.224. The van der Waals surface area contributed by atoms with Crippen molar-refractivity contribution in [3.8, 4) is 10.4 Å². The van der Waals surface area contributed by atoms with E-state index in [1.807, 2.05) is 19.1 Å². The van der Waals surface area contributed by atoms with Crippen molar-refractivity contribution in [3.63, 3.8) is 0 Å². The number of morpholine rings is 1. The fourth-order valence-electron chi connectivity index (χ4n) is 2.80. The smallest absolute Gasteiger partial charge is 0.253 e. The average molecular weight is 395 g/mol. The summed E-state index contributed by atoms with van der Waals surface area (Å²) in [6.45, 7) is 3.40. The molecule has 1 fully saturated rings. The van der Waals surface area contributed by atoms with Crippen molar-refractivity contribution in [2.45, 2.75) is 11.8 Å². The number of hydrogen-bond acceptors (Lipinski definition) is 5. The number of nitrogens with zero attached hydrogens (tertiary/aromatic N) is 2. The second-order valence-electron chi connectivity index (χ2n) is 6.37. The average Bonchev–Trinajstić information content (AvgIpc) is 3.07. The Morgan fingerprint density at radius 3 is 2.42 bits per heavy atom. The monoisotopic (exact) mass is 394 g/mol. The number of thiophene rings is 1. The molecule has 0 spiro atoms. The molecule has 1 aromatic heterocycles. The van der Waals surface area contributed by atoms with Gasteiger partial charge in [0.2, 0.25) is 10.0 Å². The van der Waals surface area contributed by atoms with E-state index in [9.17, 15) is 13.2 Å². The van der Waals surface area contributed by atoms with E-state index in [0.29, 0.717) is 31.9 Å². The largest absolute Gasteiger partial charge is 0.379 e. The van der Waals surface area contributed by atoms with Crippen LogP contribution in [0.4, 0.5) is 0 Å². The van der Waals surface area contributed by atoms with Gasteiger partial charge < -0.3 is 9.64 Å². The SMILES string of the molecule is Cc1ccc(-c2cc(C(=O)N(C)C)cc(S(=O)(=O)N3CCOCC3)c2)s1. The summed E-state index contributed by atoms with van der Waals surface area (Å²) in [5, 5.41) is 0. The highest BCUT2D eigenvalue weighted by Gasteiger charge is 2.28. The molecule has 2 aromatic rings. The zero-order valence-corrected chi connectivity index (χ0v) is 16.7. The maximum absolute atomic E-state index is 13.1. The normalized spacial score (nSPS) is 15.8. The highest BCUT2D eigenvalue weighted by atomic mass is 32.2. The van der Waals surface area contributed by atoms with Crippen LogP contribution < -0.4 is 0 Å². The Kier molecular flexibility index (Phi) is 5.47. The molecule has 3 rings (SSSR count). The summed E-state index contributed by atoms with van der Waals surface area (Å²) in [5.41, 5.74) is 1.10. The zero-order valence-electron chi connectivity index (χ0n) is 15.1. The Bertz CT molecular complexity index is 913. The molecule has 0 N–H and O–H groups in total. The van der Waals surface area contributed by atoms with E-state index >= 15 is 0 Å². The second-order valence-corrected chi connectivity index (χ2v) is 9.60. The first-order valence-corrected chi connectivity index (χ1v) is 10.6. The topological polar surface area (TPSA) is 66.9 Å². The Morgan fingerprint density at radius 2 is 1.85 bits per heavy atom. The minimum atomic E-state index is -3.68. The number of ether oxygens (including phenoxy) is 1. The van der Waals surface area contributed by atoms with Gasteiger partial charge in [0, 0.05) is 42.5 Å². The summed E-state index contributed by atoms with van der Waals surface area (Å²) in [6.07, 6.45) is 0. The fraction of sp³-hybridized carbons (Fsp3) is 0.389. The van der Waals surface area contributed by atoms with Gasteiger partial charge in [-0.05, 0) is 42.8 Å². The molecule has 2 heterocycles. The third-order valence-electron chi connectivity index (χ3n) is 4.19. The molecular formula is C18H22N2O4S2. The Labute approximate surface area is 158 Å². The van der Waals surface area contributed by atoms with Crippen LogP contribution in [0.15, 0.2) is 35.2 Å². The van der Waals surface area contributed by atoms with E-state index in [1.54, 1.807) is 37.6 Å². The molecule has 0 bridgehead atoms. The van der Waals surface area contributed by atoms with Crippen LogP contribution in [-0.2, 0) is 14.8 Å². The van der Waals surface area contributed by atoms with Crippen molar-refractivity contribution in [1.82, 2.24) is 9.21 Å². The van der Waals surface area contributed by atoms with Gasteiger partial charge in [-0.1, -0.05) is 0 Å². The molecule has 140 valence electrons. The van der Waals surface area contributed by atoms with Crippen LogP contribution in [-0.4, -0.2) is 63.9 Å². The number of amides is 1. The predicted molar refractivity (Wildman–Crippen MR) is 102 cm³/mol. The van der Waals surface area contributed by atoms with Crippen LogP contribution in [0.5, 0.6) is 0 Å². The van der Waals surface area contributed by atoms with Crippen LogP contribution in [0.2, 0.25) is 0 Å². The molecule has 0 saturated carbocycles. The molecule has 1 saturated heterocycles. The number of carbonyl (C=O) groups is 1. The first-order chi connectivity index (χ1) is 12.3. The minimum Gasteiger partial charge on any atom is -0.379 e. The van der Waals surface area contributed by atoms with E-state index in [-0.39, 0.29) is 10.8 Å². The lowest BCUT2D eigenvalue weighted by Gasteiger charge is -2.26. The summed E-state index contributed by atoms with van der Waals surface area (Å²) >= 11 is 1.57. The van der Waals surface area contributed by atoms with Crippen LogP contribution in [0.1, 0.15) is 15.2 Å². The summed E-state index contributed by atoms with van der Waals surface area (Å²) in [6, 6.07) is 8.81. The van der Waals surface area contributed by atoms with Gasteiger partial charge in [-0.2, -0.15) is 4.31 Å². The minimum absolute atomic E-state index is 0.146. The Morgan fingerprint density at radius 1 is 1.15 bits per heavy atom. The van der Waals surface area contributed by atoms with Crippen molar-refractivity contribution in [2.24, 2.45) is 0 Å². The number of sulfonamides is 1. The van der Waals surface area contributed by atoms with E-state index in [4.69, 9.17) is 4.74 Å². The molecule has 1 amide bonds. The van der Waals surface area contributed by atoms with Gasteiger partial charge in [-0.15, -0.1) is 11.3 Å². The number of hydrogen-bond donors (Lipinski definition) is 0. The number of rotatable bonds is 4. The molecule has 0 radical (unpaired) electrons. The zero-order chi connectivity index (χ0) is 18.9. The van der Waals surface area contributed by atoms with Crippen LogP contribution in [0, 0.1) is 6.92 Å². The van der Waals surface area contributed by atoms with Gasteiger partial charge in [0.15, 0.2) is 0 Å². The van der Waals surface area contributed by atoms with Crippen molar-refractivity contribution < 1.29 is 17.9 Å². The number of aryl methyl sites for hydroxylation is 1. The van der Waals surface area contributed by atoms with Gasteiger partial charge in [0.1, 0.15) is 0 Å². The van der Waals surface area contributed by atoms with Crippen LogP contribution >= 0.6 is 11.3 Å². The highest BCUT2D eigenvalue weighted by molar-refractivity contribution is 7.89. The van der Waals surface area contributed by atoms with Crippen molar-refractivity contribution in [2.75, 3.05) is 40.4 Å². The van der Waals surface area contributed by atoms with E-state index in [1.165, 1.54) is 15.3 Å². The van der Waals surface area contributed by atoms with Gasteiger partial charge in [-0.25, -0.2) is 8.42 Å². The second kappa shape index (κ2) is 7.48. The van der Waals surface area contributed by atoms with Gasteiger partial charge in [0.25, 0.3) is 5.91 Å².